The van der Waals surface area contributed by atoms with Crippen LogP contribution in [-0.2, 0) is 21.5 Å². The molecule has 2 aromatic rings. The number of fused-ring (bicyclic) bond motifs is 5. The first kappa shape index (κ1) is 18.8. The fourth-order valence-corrected chi connectivity index (χ4v) is 4.64. The molecule has 3 heterocycles. The number of nitrogens with one attached hydrogen (secondary N) is 2. The van der Waals surface area contributed by atoms with Crippen LogP contribution in [-0.4, -0.2) is 74.0 Å². The zero-order valence-corrected chi connectivity index (χ0v) is 17.1. The van der Waals surface area contributed by atoms with Gasteiger partial charge in [-0.3, -0.25) is 9.59 Å². The van der Waals surface area contributed by atoms with Gasteiger partial charge in [0.15, 0.2) is 5.54 Å². The van der Waals surface area contributed by atoms with Crippen molar-refractivity contribution < 1.29 is 19.2 Å². The highest BCUT2D eigenvalue weighted by Crippen LogP contribution is 2.42. The molecule has 150 valence electrons. The highest BCUT2D eigenvalue weighted by Gasteiger charge is 2.53. The number of amides is 2. The molecular formula is C21H29N4O3+. The number of carbonyl (C=O) groups excluding carboxylic acids is 2. The van der Waals surface area contributed by atoms with Gasteiger partial charge in [-0.05, 0) is 37.1 Å². The number of hydrogen-bond donors (Lipinski definition) is 2. The Hall–Kier alpha value is -2.54. The summed E-state index contributed by atoms with van der Waals surface area (Å²) in [7, 11) is 5.84. The van der Waals surface area contributed by atoms with Gasteiger partial charge in [-0.2, -0.15) is 0 Å². The van der Waals surface area contributed by atoms with Crippen molar-refractivity contribution in [3.05, 3.63) is 29.5 Å². The summed E-state index contributed by atoms with van der Waals surface area (Å²) in [4.78, 5) is 34.7. The van der Waals surface area contributed by atoms with Crippen molar-refractivity contribution in [1.29, 1.82) is 0 Å². The Bertz CT molecular complexity index is 935. The second-order valence-corrected chi connectivity index (χ2v) is 8.30. The summed E-state index contributed by atoms with van der Waals surface area (Å²) in [6.07, 6.45) is 1.62. The minimum Gasteiger partial charge on any atom is -0.497 e. The number of piperazine rings is 1. The molecule has 1 fully saturated rings. The first-order valence-corrected chi connectivity index (χ1v) is 9.94. The van der Waals surface area contributed by atoms with Gasteiger partial charge in [0.05, 0.1) is 40.0 Å². The highest BCUT2D eigenvalue weighted by molar-refractivity contribution is 6.00. The van der Waals surface area contributed by atoms with Gasteiger partial charge in [0.25, 0.3) is 5.91 Å². The Morgan fingerprint density at radius 1 is 1.29 bits per heavy atom. The quantitative estimate of drug-likeness (QED) is 0.770. The maximum Gasteiger partial charge on any atom is 0.254 e. The largest absolute Gasteiger partial charge is 0.497 e. The number of nitrogens with zero attached hydrogens (tertiary/aromatic N) is 2. The molecule has 7 heteroatoms. The van der Waals surface area contributed by atoms with E-state index in [-0.39, 0.29) is 18.4 Å². The molecule has 2 aliphatic rings. The fourth-order valence-electron chi connectivity index (χ4n) is 4.64. The van der Waals surface area contributed by atoms with Crippen LogP contribution in [0.25, 0.3) is 10.9 Å². The number of methoxy groups -OCH3 is 1. The molecule has 0 saturated carbocycles. The number of aromatic amines is 1. The second-order valence-electron chi connectivity index (χ2n) is 8.30. The predicted octanol–water partition coefficient (Wildman–Crippen LogP) is 0.153. The number of benzene rings is 1. The zero-order valence-electron chi connectivity index (χ0n) is 17.1. The first-order chi connectivity index (χ1) is 13.4. The Balaban J connectivity index is 1.74. The van der Waals surface area contributed by atoms with Crippen LogP contribution in [0.4, 0.5) is 0 Å². The molecule has 28 heavy (non-hydrogen) atoms. The molecule has 0 spiro atoms. The second kappa shape index (κ2) is 6.81. The van der Waals surface area contributed by atoms with Crippen molar-refractivity contribution in [1.82, 2.24) is 14.8 Å². The summed E-state index contributed by atoms with van der Waals surface area (Å²) in [5, 5.41) is 1.07. The Morgan fingerprint density at radius 3 is 2.79 bits per heavy atom. The van der Waals surface area contributed by atoms with Gasteiger partial charge in [-0.25, -0.2) is 0 Å². The molecule has 0 bridgehead atoms. The molecule has 1 atom stereocenters. The minimum atomic E-state index is -0.972. The van der Waals surface area contributed by atoms with E-state index in [2.05, 4.69) is 19.1 Å². The standard InChI is InChI=1S/C21H28N4O3/c1-21-19-15(16-12-14(28-4)6-7-17(16)22-19)8-11-25(21)18(26)13-24(20(21)27)10-5-9-23(2)3/h6-7,12,22H,5,8-11,13H2,1-4H3/p+1/t21-/m1/s1. The van der Waals surface area contributed by atoms with E-state index >= 15 is 0 Å². The van der Waals surface area contributed by atoms with Crippen molar-refractivity contribution in [2.75, 3.05) is 47.4 Å². The van der Waals surface area contributed by atoms with Gasteiger partial charge in [0, 0.05) is 30.4 Å². The summed E-state index contributed by atoms with van der Waals surface area (Å²) < 4.78 is 5.38. The van der Waals surface area contributed by atoms with Crippen LogP contribution in [0.15, 0.2) is 18.2 Å². The van der Waals surface area contributed by atoms with Crippen LogP contribution in [0.2, 0.25) is 0 Å². The van der Waals surface area contributed by atoms with Gasteiger partial charge in [0.1, 0.15) is 5.75 Å². The molecule has 1 aromatic carbocycles. The summed E-state index contributed by atoms with van der Waals surface area (Å²) in [6.45, 7) is 4.22. The van der Waals surface area contributed by atoms with Gasteiger partial charge < -0.3 is 24.4 Å². The Morgan fingerprint density at radius 2 is 2.07 bits per heavy atom. The molecule has 2 aliphatic heterocycles. The van der Waals surface area contributed by atoms with E-state index in [0.29, 0.717) is 13.1 Å². The molecule has 4 rings (SSSR count). The number of hydrogen-bond acceptors (Lipinski definition) is 3. The third-order valence-corrected chi connectivity index (χ3v) is 6.16. The number of aromatic nitrogens is 1. The molecule has 0 aliphatic carbocycles. The molecule has 0 radical (unpaired) electrons. The van der Waals surface area contributed by atoms with Crippen LogP contribution in [0.3, 0.4) is 0 Å². The molecular weight excluding hydrogens is 356 g/mol. The molecule has 0 unspecified atom stereocenters. The molecule has 1 saturated heterocycles. The lowest BCUT2D eigenvalue weighted by molar-refractivity contribution is -0.858. The lowest BCUT2D eigenvalue weighted by Gasteiger charge is -2.49. The lowest BCUT2D eigenvalue weighted by Crippen LogP contribution is -3.05. The fraction of sp³-hybridized carbons (Fsp3) is 0.524. The van der Waals surface area contributed by atoms with Gasteiger partial charge in [-0.1, -0.05) is 0 Å². The molecule has 1 aromatic heterocycles. The smallest absolute Gasteiger partial charge is 0.254 e. The molecule has 7 nitrogen and oxygen atoms in total. The maximum atomic E-state index is 13.5. The van der Waals surface area contributed by atoms with E-state index in [1.165, 1.54) is 4.90 Å². The third-order valence-electron chi connectivity index (χ3n) is 6.16. The normalized spacial score (nSPS) is 22.0. The number of quaternary nitrogens is 1. The van der Waals surface area contributed by atoms with Crippen LogP contribution in [0.1, 0.15) is 24.6 Å². The van der Waals surface area contributed by atoms with Crippen molar-refractivity contribution in [3.63, 3.8) is 0 Å². The minimum absolute atomic E-state index is 0.0142. The lowest BCUT2D eigenvalue weighted by atomic mass is 9.83. The van der Waals surface area contributed by atoms with Gasteiger partial charge >= 0.3 is 0 Å². The van der Waals surface area contributed by atoms with E-state index in [0.717, 1.165) is 47.3 Å². The van der Waals surface area contributed by atoms with Crippen LogP contribution < -0.4 is 9.64 Å². The summed E-state index contributed by atoms with van der Waals surface area (Å²) in [6, 6.07) is 5.90. The van der Waals surface area contributed by atoms with Crippen molar-refractivity contribution in [2.24, 2.45) is 0 Å². The Kier molecular flexibility index (Phi) is 4.57. The average Bonchev–Trinajstić information content (AvgIpc) is 3.04. The SMILES string of the molecule is COc1ccc2[nH]c3c(c2c1)CCN1C(=O)CN(CCC[NH+](C)C)C(=O)[C@@]31C. The van der Waals surface area contributed by atoms with Gasteiger partial charge in [0.2, 0.25) is 5.91 Å². The van der Waals surface area contributed by atoms with E-state index in [9.17, 15) is 9.59 Å². The number of rotatable bonds is 5. The monoisotopic (exact) mass is 385 g/mol. The van der Waals surface area contributed by atoms with E-state index < -0.39 is 5.54 Å². The highest BCUT2D eigenvalue weighted by atomic mass is 16.5. The summed E-state index contributed by atoms with van der Waals surface area (Å²) in [5.74, 6) is 0.835. The van der Waals surface area contributed by atoms with Crippen LogP contribution in [0, 0.1) is 0 Å². The van der Waals surface area contributed by atoms with E-state index in [1.807, 2.05) is 25.1 Å². The van der Waals surface area contributed by atoms with E-state index in [1.54, 1.807) is 16.9 Å². The zero-order chi connectivity index (χ0) is 20.1. The van der Waals surface area contributed by atoms with Crippen LogP contribution >= 0.6 is 0 Å². The van der Waals surface area contributed by atoms with Crippen molar-refractivity contribution in [3.8, 4) is 5.75 Å². The van der Waals surface area contributed by atoms with Crippen LogP contribution in [0.5, 0.6) is 5.75 Å². The summed E-state index contributed by atoms with van der Waals surface area (Å²) >= 11 is 0. The molecule has 2 N–H and O–H groups in total. The molecule has 2 amide bonds. The average molecular weight is 385 g/mol. The number of ether oxygens (including phenoxy) is 1. The summed E-state index contributed by atoms with van der Waals surface area (Å²) in [5.41, 5.74) is 1.97. The first-order valence-electron chi connectivity index (χ1n) is 9.94. The number of H-pyrrole nitrogens is 1. The van der Waals surface area contributed by atoms with Gasteiger partial charge in [-0.15, -0.1) is 0 Å². The Labute approximate surface area is 165 Å². The number of carbonyl (C=O) groups is 2. The van der Waals surface area contributed by atoms with Crippen molar-refractivity contribution in [2.45, 2.75) is 25.3 Å². The third kappa shape index (κ3) is 2.76. The predicted molar refractivity (Wildman–Crippen MR) is 106 cm³/mol. The van der Waals surface area contributed by atoms with Crippen molar-refractivity contribution >= 4 is 22.7 Å². The van der Waals surface area contributed by atoms with E-state index in [4.69, 9.17) is 4.74 Å². The maximum absolute atomic E-state index is 13.5. The topological polar surface area (TPSA) is 70.1 Å².